The van der Waals surface area contributed by atoms with Gasteiger partial charge in [0.2, 0.25) is 6.23 Å². The van der Waals surface area contributed by atoms with Crippen LogP contribution in [-0.4, -0.2) is 52.4 Å². The van der Waals surface area contributed by atoms with Crippen LogP contribution in [-0.2, 0) is 16.1 Å². The smallest absolute Gasteiger partial charge is 0.475 e. The monoisotopic (exact) mass is 482 g/mol. The zero-order chi connectivity index (χ0) is 23.8. The molecule has 3 rings (SSSR count). The molecule has 1 unspecified atom stereocenters. The third-order valence-corrected chi connectivity index (χ3v) is 6.37. The number of nitrogens with zero attached hydrogens (tertiary/aromatic N) is 3. The molecule has 0 saturated heterocycles. The number of carbonyl (C=O) groups excluding carboxylic acids is 1. The molecule has 10 nitrogen and oxygen atoms in total. The maximum Gasteiger partial charge on any atom is 0.519 e. The molecular formula is C22H32N3O7S+. The Kier molecular flexibility index (Phi) is 8.67. The van der Waals surface area contributed by atoms with Crippen LogP contribution in [0.2, 0.25) is 0 Å². The average molecular weight is 483 g/mol. The quantitative estimate of drug-likeness (QED) is 0.263. The molecule has 1 aliphatic rings. The number of unbranched alkanes of at least 4 members (excludes halogenated alkanes) is 3. The van der Waals surface area contributed by atoms with E-state index in [0.717, 1.165) is 48.8 Å². The Balaban J connectivity index is 1.55. The fourth-order valence-electron chi connectivity index (χ4n) is 3.65. The molecule has 3 heterocycles. The molecule has 0 aliphatic carbocycles. The third-order valence-electron chi connectivity index (χ3n) is 5.86. The van der Waals surface area contributed by atoms with Crippen LogP contribution in [0.5, 0.6) is 5.88 Å². The molecule has 0 saturated carbocycles. The highest BCUT2D eigenvalue weighted by molar-refractivity contribution is 6.99. The molecule has 0 amide bonds. The van der Waals surface area contributed by atoms with Crippen LogP contribution in [0, 0.1) is 6.92 Å². The molecule has 0 N–H and O–H groups in total. The van der Waals surface area contributed by atoms with Crippen molar-refractivity contribution in [2.45, 2.75) is 65.7 Å². The van der Waals surface area contributed by atoms with Gasteiger partial charge in [0.1, 0.15) is 12.2 Å². The van der Waals surface area contributed by atoms with Gasteiger partial charge in [-0.1, -0.05) is 32.3 Å². The van der Waals surface area contributed by atoms with Gasteiger partial charge in [-0.05, 0) is 13.3 Å². The van der Waals surface area contributed by atoms with Gasteiger partial charge in [0.15, 0.2) is 18.1 Å². The SMILES string of the molecule is CCCCCCOc1nsnc1C1=CCC[N+](C)([C@H](C)OC(=O)OCc2oc(=O)oc2C)C1. The highest BCUT2D eigenvalue weighted by Gasteiger charge is 2.37. The zero-order valence-electron chi connectivity index (χ0n) is 19.6. The number of hydrogen-bond acceptors (Lipinski definition) is 10. The Labute approximate surface area is 197 Å². The maximum absolute atomic E-state index is 12.2. The van der Waals surface area contributed by atoms with Crippen LogP contribution in [0.3, 0.4) is 0 Å². The van der Waals surface area contributed by atoms with Crippen molar-refractivity contribution in [1.29, 1.82) is 0 Å². The fourth-order valence-corrected chi connectivity index (χ4v) is 4.18. The molecule has 0 fully saturated rings. The summed E-state index contributed by atoms with van der Waals surface area (Å²) in [6, 6.07) is 0. The van der Waals surface area contributed by atoms with Gasteiger partial charge in [0, 0.05) is 18.9 Å². The lowest BCUT2D eigenvalue weighted by atomic mass is 10.0. The lowest BCUT2D eigenvalue weighted by Gasteiger charge is -2.40. The van der Waals surface area contributed by atoms with Gasteiger partial charge >= 0.3 is 12.0 Å². The summed E-state index contributed by atoms with van der Waals surface area (Å²) in [6.45, 7) is 7.36. The summed E-state index contributed by atoms with van der Waals surface area (Å²) < 4.78 is 35.4. The average Bonchev–Trinajstić information content (AvgIpc) is 3.37. The van der Waals surface area contributed by atoms with Crippen LogP contribution in [0.25, 0.3) is 5.57 Å². The molecular weight excluding hydrogens is 450 g/mol. The number of carbonyl (C=O) groups is 1. The molecule has 0 aromatic carbocycles. The van der Waals surface area contributed by atoms with E-state index in [1.807, 2.05) is 14.0 Å². The standard InChI is InChI=1S/C22H32N3O7S/c1-5-6-7-8-12-28-20-19(23-33-24-20)17-10-9-11-25(4,13-17)16(3)31-21(26)29-14-18-15(2)30-22(27)32-18/h10,16H,5-9,11-14H2,1-4H3/q+1/t16-,25?/m0/s1. The predicted octanol–water partition coefficient (Wildman–Crippen LogP) is 4.28. The van der Waals surface area contributed by atoms with Crippen molar-refractivity contribution in [1.82, 2.24) is 8.75 Å². The summed E-state index contributed by atoms with van der Waals surface area (Å²) in [6.07, 6.45) is 6.15. The number of quaternary nitrogens is 1. The molecule has 2 aromatic rings. The van der Waals surface area contributed by atoms with Crippen molar-refractivity contribution in [2.24, 2.45) is 0 Å². The topological polar surface area (TPSA) is 114 Å². The van der Waals surface area contributed by atoms with E-state index in [-0.39, 0.29) is 18.1 Å². The molecule has 33 heavy (non-hydrogen) atoms. The number of aromatic nitrogens is 2. The summed E-state index contributed by atoms with van der Waals surface area (Å²) in [5.74, 6) is 0.165. The van der Waals surface area contributed by atoms with E-state index in [1.165, 1.54) is 12.8 Å². The number of hydrogen-bond donors (Lipinski definition) is 0. The molecule has 2 atom stereocenters. The predicted molar refractivity (Wildman–Crippen MR) is 121 cm³/mol. The first-order chi connectivity index (χ1) is 15.8. The Morgan fingerprint density at radius 1 is 1.27 bits per heavy atom. The number of ether oxygens (including phenoxy) is 3. The second-order valence-electron chi connectivity index (χ2n) is 8.40. The first-order valence-corrected chi connectivity index (χ1v) is 12.0. The van der Waals surface area contributed by atoms with Gasteiger partial charge in [0.25, 0.3) is 5.88 Å². The minimum absolute atomic E-state index is 0.159. The first kappa shape index (κ1) is 25.0. The number of aryl methyl sites for hydroxylation is 1. The van der Waals surface area contributed by atoms with Gasteiger partial charge in [-0.15, -0.1) is 4.37 Å². The Morgan fingerprint density at radius 2 is 2.09 bits per heavy atom. The van der Waals surface area contributed by atoms with Crippen molar-refractivity contribution >= 4 is 23.5 Å². The van der Waals surface area contributed by atoms with Crippen molar-refractivity contribution in [3.63, 3.8) is 0 Å². The van der Waals surface area contributed by atoms with Crippen LogP contribution < -0.4 is 10.6 Å². The maximum atomic E-state index is 12.2. The van der Waals surface area contributed by atoms with E-state index in [1.54, 1.807) is 6.92 Å². The summed E-state index contributed by atoms with van der Waals surface area (Å²) in [7, 11) is 2.02. The van der Waals surface area contributed by atoms with E-state index < -0.39 is 18.2 Å². The summed E-state index contributed by atoms with van der Waals surface area (Å²) in [5, 5.41) is 0. The van der Waals surface area contributed by atoms with Crippen molar-refractivity contribution in [3.8, 4) is 5.88 Å². The summed E-state index contributed by atoms with van der Waals surface area (Å²) >= 11 is 1.14. The largest absolute Gasteiger partial charge is 0.519 e. The lowest BCUT2D eigenvalue weighted by Crippen LogP contribution is -2.55. The summed E-state index contributed by atoms with van der Waals surface area (Å²) in [5.41, 5.74) is 1.79. The molecule has 0 bridgehead atoms. The third kappa shape index (κ3) is 6.67. The second-order valence-corrected chi connectivity index (χ2v) is 8.92. The fraction of sp³-hybridized carbons (Fsp3) is 0.636. The van der Waals surface area contributed by atoms with E-state index in [0.29, 0.717) is 23.5 Å². The van der Waals surface area contributed by atoms with Gasteiger partial charge in [-0.3, -0.25) is 4.48 Å². The van der Waals surface area contributed by atoms with E-state index in [9.17, 15) is 9.59 Å². The minimum Gasteiger partial charge on any atom is -0.475 e. The van der Waals surface area contributed by atoms with Crippen LogP contribution in [0.15, 0.2) is 19.7 Å². The van der Waals surface area contributed by atoms with E-state index >= 15 is 0 Å². The molecule has 11 heteroatoms. The van der Waals surface area contributed by atoms with Gasteiger partial charge in [-0.25, -0.2) is 9.59 Å². The Bertz CT molecular complexity index is 1010. The zero-order valence-corrected chi connectivity index (χ0v) is 20.4. The molecule has 2 aromatic heterocycles. The highest BCUT2D eigenvalue weighted by atomic mass is 32.1. The molecule has 0 spiro atoms. The van der Waals surface area contributed by atoms with E-state index in [4.69, 9.17) is 23.0 Å². The van der Waals surface area contributed by atoms with E-state index in [2.05, 4.69) is 21.7 Å². The van der Waals surface area contributed by atoms with Crippen LogP contribution in [0.1, 0.15) is 63.2 Å². The van der Waals surface area contributed by atoms with Crippen molar-refractivity contribution in [2.75, 3.05) is 26.7 Å². The van der Waals surface area contributed by atoms with Gasteiger partial charge in [0.05, 0.1) is 31.9 Å². The molecule has 0 radical (unpaired) electrons. The van der Waals surface area contributed by atoms with Crippen LogP contribution >= 0.6 is 11.7 Å². The minimum atomic E-state index is -0.840. The Hall–Kier alpha value is -2.66. The van der Waals surface area contributed by atoms with Crippen molar-refractivity contribution in [3.05, 3.63) is 33.9 Å². The summed E-state index contributed by atoms with van der Waals surface area (Å²) in [4.78, 5) is 23.3. The Morgan fingerprint density at radius 3 is 2.82 bits per heavy atom. The highest BCUT2D eigenvalue weighted by Crippen LogP contribution is 2.31. The van der Waals surface area contributed by atoms with Gasteiger partial charge in [-0.2, -0.15) is 4.37 Å². The van der Waals surface area contributed by atoms with Crippen LogP contribution in [0.4, 0.5) is 4.79 Å². The number of likely N-dealkylation sites (N-methyl/N-ethyl adjacent to an activating group) is 1. The first-order valence-electron chi connectivity index (χ1n) is 11.2. The molecule has 182 valence electrons. The number of rotatable bonds is 11. The van der Waals surface area contributed by atoms with Crippen molar-refractivity contribution < 1.29 is 32.3 Å². The second kappa shape index (κ2) is 11.5. The lowest BCUT2D eigenvalue weighted by molar-refractivity contribution is -0.944. The van der Waals surface area contributed by atoms with Gasteiger partial charge < -0.3 is 23.0 Å². The normalized spacial score (nSPS) is 19.1. The molecule has 1 aliphatic heterocycles.